The van der Waals surface area contributed by atoms with Crippen molar-refractivity contribution in [1.29, 1.82) is 0 Å². The highest BCUT2D eigenvalue weighted by molar-refractivity contribution is 5.79. The van der Waals surface area contributed by atoms with Gasteiger partial charge in [0, 0.05) is 19.2 Å². The van der Waals surface area contributed by atoms with Crippen molar-refractivity contribution in [3.8, 4) is 0 Å². The average molecular weight is 235 g/mol. The number of rotatable bonds is 3. The van der Waals surface area contributed by atoms with E-state index in [9.17, 15) is 0 Å². The molecule has 0 aromatic carbocycles. The van der Waals surface area contributed by atoms with Gasteiger partial charge in [0.15, 0.2) is 5.88 Å². The highest BCUT2D eigenvalue weighted by Gasteiger charge is 2.13. The first-order valence-electron chi connectivity index (χ1n) is 5.72. The van der Waals surface area contributed by atoms with Crippen molar-refractivity contribution in [2.24, 2.45) is 21.7 Å². The Bertz CT molecular complexity index is 413. The van der Waals surface area contributed by atoms with Crippen LogP contribution in [0.5, 0.6) is 0 Å². The summed E-state index contributed by atoms with van der Waals surface area (Å²) < 4.78 is 5.63. The Kier molecular flexibility index (Phi) is 3.64. The van der Waals surface area contributed by atoms with Crippen molar-refractivity contribution in [1.82, 2.24) is 0 Å². The van der Waals surface area contributed by atoms with Crippen LogP contribution in [-0.4, -0.2) is 25.3 Å². The van der Waals surface area contributed by atoms with Crippen LogP contribution >= 0.6 is 0 Å². The molecule has 0 spiro atoms. The van der Waals surface area contributed by atoms with E-state index in [-0.39, 0.29) is 5.96 Å². The molecule has 1 aromatic heterocycles. The summed E-state index contributed by atoms with van der Waals surface area (Å²) in [6.07, 6.45) is 5.24. The molecule has 0 atom stereocenters. The summed E-state index contributed by atoms with van der Waals surface area (Å²) in [6.45, 7) is 2.11. The molecule has 17 heavy (non-hydrogen) atoms. The Morgan fingerprint density at radius 1 is 1.24 bits per heavy atom. The third-order valence-corrected chi connectivity index (χ3v) is 2.64. The molecule has 0 bridgehead atoms. The van der Waals surface area contributed by atoms with Crippen LogP contribution in [0.4, 0.5) is 5.88 Å². The Morgan fingerprint density at radius 3 is 2.71 bits per heavy atom. The molecule has 4 N–H and O–H groups in total. The molecule has 0 aliphatic carbocycles. The van der Waals surface area contributed by atoms with Gasteiger partial charge in [0.1, 0.15) is 5.76 Å². The largest absolute Gasteiger partial charge is 0.440 e. The van der Waals surface area contributed by atoms with Gasteiger partial charge in [-0.2, -0.15) is 5.10 Å². The van der Waals surface area contributed by atoms with E-state index in [0.29, 0.717) is 5.76 Å². The van der Waals surface area contributed by atoms with Crippen molar-refractivity contribution < 1.29 is 4.42 Å². The Balaban J connectivity index is 2.00. The van der Waals surface area contributed by atoms with E-state index in [1.54, 1.807) is 0 Å². The molecule has 1 aliphatic heterocycles. The summed E-state index contributed by atoms with van der Waals surface area (Å²) >= 11 is 0. The van der Waals surface area contributed by atoms with Gasteiger partial charge in [-0.1, -0.05) is 0 Å². The van der Waals surface area contributed by atoms with Crippen LogP contribution in [0.2, 0.25) is 0 Å². The molecule has 0 amide bonds. The van der Waals surface area contributed by atoms with E-state index < -0.39 is 0 Å². The molecule has 92 valence electrons. The molecular weight excluding hydrogens is 218 g/mol. The maximum absolute atomic E-state index is 5.63. The molecule has 0 saturated carbocycles. The monoisotopic (exact) mass is 235 g/mol. The SMILES string of the molecule is NC(N)=NN=Cc1ccc(N2CCCCC2)o1. The number of nitrogens with zero attached hydrogens (tertiary/aromatic N) is 3. The number of nitrogens with two attached hydrogens (primary N) is 2. The van der Waals surface area contributed by atoms with Gasteiger partial charge in [-0.05, 0) is 25.3 Å². The molecule has 0 radical (unpaired) electrons. The van der Waals surface area contributed by atoms with E-state index in [1.807, 2.05) is 12.1 Å². The third kappa shape index (κ3) is 3.24. The lowest BCUT2D eigenvalue weighted by Gasteiger charge is -2.25. The first kappa shape index (κ1) is 11.5. The van der Waals surface area contributed by atoms with Gasteiger partial charge in [-0.15, -0.1) is 5.10 Å². The number of furan rings is 1. The van der Waals surface area contributed by atoms with Crippen LogP contribution in [-0.2, 0) is 0 Å². The Labute approximate surface area is 100.0 Å². The normalized spacial score (nSPS) is 16.4. The van der Waals surface area contributed by atoms with Crippen LogP contribution in [0.15, 0.2) is 26.8 Å². The van der Waals surface area contributed by atoms with Crippen molar-refractivity contribution in [2.75, 3.05) is 18.0 Å². The van der Waals surface area contributed by atoms with E-state index >= 15 is 0 Å². The van der Waals surface area contributed by atoms with Gasteiger partial charge >= 0.3 is 0 Å². The van der Waals surface area contributed by atoms with Crippen molar-refractivity contribution in [3.63, 3.8) is 0 Å². The summed E-state index contributed by atoms with van der Waals surface area (Å²) in [7, 11) is 0. The molecular formula is C11H17N5O. The second-order valence-corrected chi connectivity index (χ2v) is 3.99. The number of guanidine groups is 1. The van der Waals surface area contributed by atoms with Gasteiger partial charge < -0.3 is 20.8 Å². The van der Waals surface area contributed by atoms with Crippen LogP contribution in [0, 0.1) is 0 Å². The predicted octanol–water partition coefficient (Wildman–Crippen LogP) is 0.877. The zero-order valence-electron chi connectivity index (χ0n) is 9.67. The summed E-state index contributed by atoms with van der Waals surface area (Å²) in [4.78, 5) is 2.24. The van der Waals surface area contributed by atoms with Crippen LogP contribution in [0.25, 0.3) is 0 Å². The average Bonchev–Trinajstić information content (AvgIpc) is 2.78. The topological polar surface area (TPSA) is 93.1 Å². The molecule has 0 unspecified atom stereocenters. The van der Waals surface area contributed by atoms with Gasteiger partial charge in [0.2, 0.25) is 5.96 Å². The highest BCUT2D eigenvalue weighted by atomic mass is 16.4. The maximum atomic E-state index is 5.63. The number of anilines is 1. The van der Waals surface area contributed by atoms with E-state index in [1.165, 1.54) is 25.5 Å². The smallest absolute Gasteiger partial charge is 0.211 e. The van der Waals surface area contributed by atoms with Crippen molar-refractivity contribution in [3.05, 3.63) is 17.9 Å². The number of piperidine rings is 1. The van der Waals surface area contributed by atoms with Crippen LogP contribution in [0.3, 0.4) is 0 Å². The lowest BCUT2D eigenvalue weighted by molar-refractivity contribution is 0.497. The quantitative estimate of drug-likeness (QED) is 0.462. The Hall–Kier alpha value is -1.98. The molecule has 1 saturated heterocycles. The summed E-state index contributed by atoms with van der Waals surface area (Å²) in [6, 6.07) is 3.80. The summed E-state index contributed by atoms with van der Waals surface area (Å²) in [5, 5.41) is 7.21. The van der Waals surface area contributed by atoms with E-state index in [0.717, 1.165) is 19.0 Å². The zero-order valence-corrected chi connectivity index (χ0v) is 9.67. The predicted molar refractivity (Wildman–Crippen MR) is 68.2 cm³/mol. The molecule has 1 fully saturated rings. The van der Waals surface area contributed by atoms with Gasteiger partial charge in [-0.25, -0.2) is 0 Å². The van der Waals surface area contributed by atoms with E-state index in [4.69, 9.17) is 15.9 Å². The second-order valence-electron chi connectivity index (χ2n) is 3.99. The van der Waals surface area contributed by atoms with Gasteiger partial charge in [0.25, 0.3) is 0 Å². The second kappa shape index (κ2) is 5.38. The Morgan fingerprint density at radius 2 is 2.00 bits per heavy atom. The molecule has 2 heterocycles. The van der Waals surface area contributed by atoms with Crippen molar-refractivity contribution in [2.45, 2.75) is 19.3 Å². The van der Waals surface area contributed by atoms with E-state index in [2.05, 4.69) is 15.1 Å². The fourth-order valence-corrected chi connectivity index (χ4v) is 1.85. The lowest BCUT2D eigenvalue weighted by atomic mass is 10.1. The standard InChI is InChI=1S/C11H17N5O/c12-11(13)15-14-8-9-4-5-10(17-9)16-6-2-1-3-7-16/h4-5,8H,1-3,6-7H2,(H4,12,13,15). The third-order valence-electron chi connectivity index (χ3n) is 2.64. The van der Waals surface area contributed by atoms with Gasteiger partial charge in [-0.3, -0.25) is 0 Å². The fourth-order valence-electron chi connectivity index (χ4n) is 1.85. The van der Waals surface area contributed by atoms with Crippen LogP contribution < -0.4 is 16.4 Å². The first-order valence-corrected chi connectivity index (χ1v) is 5.72. The molecule has 2 rings (SSSR count). The summed E-state index contributed by atoms with van der Waals surface area (Å²) in [5.41, 5.74) is 10.3. The minimum Gasteiger partial charge on any atom is -0.440 e. The zero-order chi connectivity index (χ0) is 12.1. The first-order chi connectivity index (χ1) is 8.25. The number of hydrogen-bond acceptors (Lipinski definition) is 4. The number of hydrogen-bond donors (Lipinski definition) is 2. The fraction of sp³-hybridized carbons (Fsp3) is 0.455. The highest BCUT2D eigenvalue weighted by Crippen LogP contribution is 2.21. The lowest BCUT2D eigenvalue weighted by Crippen LogP contribution is -2.28. The molecule has 1 aromatic rings. The molecule has 6 nitrogen and oxygen atoms in total. The minimum absolute atomic E-state index is 0.0657. The summed E-state index contributed by atoms with van der Waals surface area (Å²) in [5.74, 6) is 1.47. The molecule has 1 aliphatic rings. The van der Waals surface area contributed by atoms with Gasteiger partial charge in [0.05, 0.1) is 6.21 Å². The van der Waals surface area contributed by atoms with Crippen LogP contribution in [0.1, 0.15) is 25.0 Å². The molecule has 6 heteroatoms. The maximum Gasteiger partial charge on any atom is 0.211 e. The van der Waals surface area contributed by atoms with Crippen molar-refractivity contribution >= 4 is 18.1 Å². The minimum atomic E-state index is -0.0657.